The van der Waals surface area contributed by atoms with Crippen LogP contribution in [0.5, 0.6) is 0 Å². The summed E-state index contributed by atoms with van der Waals surface area (Å²) in [4.78, 5) is 11.0. The lowest BCUT2D eigenvalue weighted by atomic mass is 10.2. The Morgan fingerprint density at radius 3 is 2.71 bits per heavy atom. The van der Waals surface area contributed by atoms with Crippen molar-refractivity contribution in [1.82, 2.24) is 5.32 Å². The fourth-order valence-corrected chi connectivity index (χ4v) is 0.982. The predicted octanol–water partition coefficient (Wildman–Crippen LogP) is 1.67. The van der Waals surface area contributed by atoms with E-state index in [4.69, 9.17) is 9.84 Å². The number of hydrogen-bond donors (Lipinski definition) is 2. The van der Waals surface area contributed by atoms with Crippen LogP contribution in [0, 0.1) is 0 Å². The molecule has 1 unspecified atom stereocenters. The minimum atomic E-state index is -0.442. The number of aliphatic hydroxyl groups is 1. The quantitative estimate of drug-likeness (QED) is 0.619. The average molecular weight is 203 g/mol. The monoisotopic (exact) mass is 203 g/mol. The zero-order valence-electron chi connectivity index (χ0n) is 9.08. The van der Waals surface area contributed by atoms with E-state index < -0.39 is 6.09 Å². The summed E-state index contributed by atoms with van der Waals surface area (Å²) < 4.78 is 4.90. The van der Waals surface area contributed by atoms with Gasteiger partial charge in [0.05, 0.1) is 19.3 Å². The summed E-state index contributed by atoms with van der Waals surface area (Å²) in [6.45, 7) is 4.25. The average Bonchev–Trinajstić information content (AvgIpc) is 2.17. The number of carbonyl (C=O) groups is 1. The van der Waals surface area contributed by atoms with Crippen LogP contribution < -0.4 is 5.32 Å². The number of aliphatic hydroxyl groups excluding tert-OH is 1. The van der Waals surface area contributed by atoms with Gasteiger partial charge in [0.2, 0.25) is 0 Å². The maximum absolute atomic E-state index is 11.0. The Balaban J connectivity index is 3.27. The van der Waals surface area contributed by atoms with Crippen LogP contribution in [0.1, 0.15) is 39.5 Å². The van der Waals surface area contributed by atoms with Crippen molar-refractivity contribution in [3.8, 4) is 0 Å². The number of ether oxygens (including phenoxy) is 1. The SMILES string of the molecule is CCCCCCOC(=O)NC(C)CO. The molecule has 0 bridgehead atoms. The van der Waals surface area contributed by atoms with Crippen molar-refractivity contribution in [3.63, 3.8) is 0 Å². The number of alkyl carbamates (subject to hydrolysis) is 1. The lowest BCUT2D eigenvalue weighted by Gasteiger charge is -2.10. The van der Waals surface area contributed by atoms with Crippen LogP contribution in [0.4, 0.5) is 4.79 Å². The van der Waals surface area contributed by atoms with E-state index >= 15 is 0 Å². The second kappa shape index (κ2) is 8.81. The van der Waals surface area contributed by atoms with Gasteiger partial charge in [-0.15, -0.1) is 0 Å². The van der Waals surface area contributed by atoms with Gasteiger partial charge >= 0.3 is 6.09 Å². The lowest BCUT2D eigenvalue weighted by molar-refractivity contribution is 0.135. The molecule has 2 N–H and O–H groups in total. The maximum atomic E-state index is 11.0. The third-order valence-corrected chi connectivity index (χ3v) is 1.87. The van der Waals surface area contributed by atoms with Gasteiger partial charge in [-0.05, 0) is 13.3 Å². The molecule has 1 amide bonds. The Bertz CT molecular complexity index is 150. The zero-order chi connectivity index (χ0) is 10.8. The second-order valence-corrected chi connectivity index (χ2v) is 3.42. The Labute approximate surface area is 85.6 Å². The van der Waals surface area contributed by atoms with E-state index in [1.165, 1.54) is 12.8 Å². The van der Waals surface area contributed by atoms with Crippen molar-refractivity contribution >= 4 is 6.09 Å². The summed E-state index contributed by atoms with van der Waals surface area (Å²) in [5.41, 5.74) is 0. The van der Waals surface area contributed by atoms with Crippen LogP contribution in [0.3, 0.4) is 0 Å². The first-order valence-corrected chi connectivity index (χ1v) is 5.24. The zero-order valence-corrected chi connectivity index (χ0v) is 9.08. The van der Waals surface area contributed by atoms with Crippen molar-refractivity contribution < 1.29 is 14.6 Å². The smallest absolute Gasteiger partial charge is 0.407 e. The van der Waals surface area contributed by atoms with Gasteiger partial charge in [-0.3, -0.25) is 0 Å². The molecule has 1 atom stereocenters. The highest BCUT2D eigenvalue weighted by atomic mass is 16.5. The molecule has 0 fully saturated rings. The molecule has 0 aliphatic heterocycles. The van der Waals surface area contributed by atoms with Gasteiger partial charge < -0.3 is 15.2 Å². The highest BCUT2D eigenvalue weighted by molar-refractivity contribution is 5.67. The van der Waals surface area contributed by atoms with E-state index in [0.717, 1.165) is 12.8 Å². The first-order valence-electron chi connectivity index (χ1n) is 5.24. The lowest BCUT2D eigenvalue weighted by Crippen LogP contribution is -2.35. The summed E-state index contributed by atoms with van der Waals surface area (Å²) >= 11 is 0. The summed E-state index contributed by atoms with van der Waals surface area (Å²) in [6, 6.07) is -0.238. The fourth-order valence-electron chi connectivity index (χ4n) is 0.982. The molecule has 0 aliphatic rings. The molecule has 4 nitrogen and oxygen atoms in total. The van der Waals surface area contributed by atoms with Crippen molar-refractivity contribution in [2.45, 2.75) is 45.6 Å². The number of rotatable bonds is 7. The van der Waals surface area contributed by atoms with E-state index in [2.05, 4.69) is 12.2 Å². The van der Waals surface area contributed by atoms with Gasteiger partial charge in [-0.1, -0.05) is 26.2 Å². The fraction of sp³-hybridized carbons (Fsp3) is 0.900. The standard InChI is InChI=1S/C10H21NO3/c1-3-4-5-6-7-14-10(13)11-9(2)8-12/h9,12H,3-8H2,1-2H3,(H,11,13). The molecule has 0 aromatic rings. The molecule has 0 saturated carbocycles. The highest BCUT2D eigenvalue weighted by Gasteiger charge is 2.05. The van der Waals surface area contributed by atoms with Crippen LogP contribution in [-0.4, -0.2) is 30.5 Å². The van der Waals surface area contributed by atoms with Gasteiger partial charge in [0.1, 0.15) is 0 Å². The van der Waals surface area contributed by atoms with Crippen molar-refractivity contribution in [1.29, 1.82) is 0 Å². The highest BCUT2D eigenvalue weighted by Crippen LogP contribution is 1.98. The third kappa shape index (κ3) is 7.86. The molecule has 0 radical (unpaired) electrons. The first-order chi connectivity index (χ1) is 6.70. The molecule has 84 valence electrons. The van der Waals surface area contributed by atoms with E-state index in [1.807, 2.05) is 0 Å². The third-order valence-electron chi connectivity index (χ3n) is 1.87. The largest absolute Gasteiger partial charge is 0.450 e. The summed E-state index contributed by atoms with van der Waals surface area (Å²) in [7, 11) is 0. The van der Waals surface area contributed by atoms with Gasteiger partial charge in [0.25, 0.3) is 0 Å². The van der Waals surface area contributed by atoms with E-state index in [9.17, 15) is 4.79 Å². The molecule has 0 aromatic carbocycles. The molecule has 0 rings (SSSR count). The van der Waals surface area contributed by atoms with Gasteiger partial charge in [-0.2, -0.15) is 0 Å². The van der Waals surface area contributed by atoms with Gasteiger partial charge in [0, 0.05) is 0 Å². The second-order valence-electron chi connectivity index (χ2n) is 3.42. The molecule has 14 heavy (non-hydrogen) atoms. The van der Waals surface area contributed by atoms with Crippen molar-refractivity contribution in [2.75, 3.05) is 13.2 Å². The van der Waals surface area contributed by atoms with Crippen LogP contribution >= 0.6 is 0 Å². The van der Waals surface area contributed by atoms with E-state index in [-0.39, 0.29) is 12.6 Å². The molecule has 4 heteroatoms. The molecular formula is C10H21NO3. The normalized spacial score (nSPS) is 12.2. The molecule has 0 spiro atoms. The Morgan fingerprint density at radius 2 is 2.14 bits per heavy atom. The van der Waals surface area contributed by atoms with Crippen molar-refractivity contribution in [2.24, 2.45) is 0 Å². The number of nitrogens with one attached hydrogen (secondary N) is 1. The summed E-state index contributed by atoms with van der Waals surface area (Å²) in [5.74, 6) is 0. The Hall–Kier alpha value is -0.770. The van der Waals surface area contributed by atoms with E-state index in [1.54, 1.807) is 6.92 Å². The molecule has 0 aromatic heterocycles. The van der Waals surface area contributed by atoms with Crippen LogP contribution in [0.15, 0.2) is 0 Å². The number of carbonyl (C=O) groups excluding carboxylic acids is 1. The molecule has 0 saturated heterocycles. The summed E-state index contributed by atoms with van der Waals surface area (Å²) in [6.07, 6.45) is 3.92. The topological polar surface area (TPSA) is 58.6 Å². The Kier molecular flexibility index (Phi) is 8.33. The maximum Gasteiger partial charge on any atom is 0.407 e. The molecule has 0 aliphatic carbocycles. The van der Waals surface area contributed by atoms with Crippen LogP contribution in [0.25, 0.3) is 0 Å². The Morgan fingerprint density at radius 1 is 1.43 bits per heavy atom. The van der Waals surface area contributed by atoms with Gasteiger partial charge in [0.15, 0.2) is 0 Å². The van der Waals surface area contributed by atoms with Crippen molar-refractivity contribution in [3.05, 3.63) is 0 Å². The summed E-state index contributed by atoms with van der Waals surface area (Å²) in [5, 5.41) is 11.2. The molecular weight excluding hydrogens is 182 g/mol. The number of hydrogen-bond acceptors (Lipinski definition) is 3. The first kappa shape index (κ1) is 13.2. The minimum absolute atomic E-state index is 0.0645. The minimum Gasteiger partial charge on any atom is -0.450 e. The number of unbranched alkanes of at least 4 members (excludes halogenated alkanes) is 3. The predicted molar refractivity (Wildman–Crippen MR) is 55.2 cm³/mol. The van der Waals surface area contributed by atoms with Crippen LogP contribution in [0.2, 0.25) is 0 Å². The molecule has 0 heterocycles. The van der Waals surface area contributed by atoms with Gasteiger partial charge in [-0.25, -0.2) is 4.79 Å². The number of amides is 1. The van der Waals surface area contributed by atoms with E-state index in [0.29, 0.717) is 6.61 Å². The van der Waals surface area contributed by atoms with Crippen LogP contribution in [-0.2, 0) is 4.74 Å².